The molecule has 0 saturated carbocycles. The molecule has 16 heavy (non-hydrogen) atoms. The summed E-state index contributed by atoms with van der Waals surface area (Å²) in [5.74, 6) is 0. The highest BCUT2D eigenvalue weighted by Crippen LogP contribution is 2.34. The van der Waals surface area contributed by atoms with E-state index in [0.29, 0.717) is 18.2 Å². The number of halogens is 1. The third-order valence-electron chi connectivity index (χ3n) is 3.52. The molecule has 3 unspecified atom stereocenters. The van der Waals surface area contributed by atoms with Crippen LogP contribution < -0.4 is 5.32 Å². The number of rotatable bonds is 3. The lowest BCUT2D eigenvalue weighted by atomic mass is 9.95. The van der Waals surface area contributed by atoms with Crippen molar-refractivity contribution in [2.45, 2.75) is 44.1 Å². The van der Waals surface area contributed by atoms with Crippen LogP contribution >= 0.6 is 11.6 Å². The molecule has 1 aromatic rings. The first-order valence-electron chi connectivity index (χ1n) is 5.80. The Kier molecular flexibility index (Phi) is 2.84. The molecule has 2 aliphatic heterocycles. The van der Waals surface area contributed by atoms with Gasteiger partial charge in [0.1, 0.15) is 0 Å². The van der Waals surface area contributed by atoms with Crippen LogP contribution in [0.25, 0.3) is 0 Å². The molecule has 0 amide bonds. The minimum atomic E-state index is 0.422. The number of hydrogen-bond acceptors (Lipinski definition) is 3. The number of ether oxygens (including phenoxy) is 1. The molecule has 0 aromatic carbocycles. The van der Waals surface area contributed by atoms with Crippen LogP contribution in [0.4, 0.5) is 0 Å². The van der Waals surface area contributed by atoms with Crippen molar-refractivity contribution in [1.29, 1.82) is 0 Å². The molecule has 2 fully saturated rings. The highest BCUT2D eigenvalue weighted by atomic mass is 35.5. The van der Waals surface area contributed by atoms with Crippen LogP contribution in [-0.4, -0.2) is 23.2 Å². The van der Waals surface area contributed by atoms with Gasteiger partial charge in [0, 0.05) is 25.0 Å². The summed E-state index contributed by atoms with van der Waals surface area (Å²) in [7, 11) is 0. The smallest absolute Gasteiger partial charge is 0.0733 e. The maximum atomic E-state index is 6.05. The molecule has 3 atom stereocenters. The predicted octanol–water partition coefficient (Wildman–Crippen LogP) is 2.14. The normalized spacial score (nSPS) is 32.2. The van der Waals surface area contributed by atoms with Gasteiger partial charge >= 0.3 is 0 Å². The van der Waals surface area contributed by atoms with Crippen molar-refractivity contribution in [2.75, 3.05) is 0 Å². The third kappa shape index (κ3) is 1.95. The Bertz CT molecular complexity index is 385. The molecule has 0 radical (unpaired) electrons. The lowest BCUT2D eigenvalue weighted by Gasteiger charge is -2.20. The number of nitrogens with zero attached hydrogens (tertiary/aromatic N) is 1. The molecular weight excluding hydrogens is 224 g/mol. The van der Waals surface area contributed by atoms with Gasteiger partial charge in [-0.05, 0) is 30.9 Å². The monoisotopic (exact) mass is 238 g/mol. The van der Waals surface area contributed by atoms with Crippen molar-refractivity contribution in [3.63, 3.8) is 0 Å². The highest BCUT2D eigenvalue weighted by Gasteiger charge is 2.40. The first-order valence-corrected chi connectivity index (χ1v) is 6.18. The highest BCUT2D eigenvalue weighted by molar-refractivity contribution is 6.31. The zero-order valence-electron chi connectivity index (χ0n) is 9.03. The Morgan fingerprint density at radius 3 is 3.12 bits per heavy atom. The lowest BCUT2D eigenvalue weighted by Crippen LogP contribution is -2.37. The van der Waals surface area contributed by atoms with Gasteiger partial charge in [-0.25, -0.2) is 0 Å². The van der Waals surface area contributed by atoms with E-state index < -0.39 is 0 Å². The average Bonchev–Trinajstić information content (AvgIpc) is 2.90. The van der Waals surface area contributed by atoms with E-state index in [-0.39, 0.29) is 0 Å². The molecule has 2 aliphatic rings. The average molecular weight is 239 g/mol. The fraction of sp³-hybridized carbons (Fsp3) is 0.583. The Hall–Kier alpha value is -0.640. The number of fused-ring (bicyclic) bond motifs is 2. The van der Waals surface area contributed by atoms with Gasteiger partial charge in [-0.15, -0.1) is 0 Å². The molecule has 4 heteroatoms. The first-order chi connectivity index (χ1) is 7.83. The molecule has 3 rings (SSSR count). The zero-order valence-corrected chi connectivity index (χ0v) is 9.78. The number of aromatic nitrogens is 1. The first kappa shape index (κ1) is 10.5. The maximum absolute atomic E-state index is 6.05. The predicted molar refractivity (Wildman–Crippen MR) is 62.4 cm³/mol. The summed E-state index contributed by atoms with van der Waals surface area (Å²) < 4.78 is 5.80. The second kappa shape index (κ2) is 4.32. The van der Waals surface area contributed by atoms with Gasteiger partial charge in [0.15, 0.2) is 0 Å². The Morgan fingerprint density at radius 1 is 1.50 bits per heavy atom. The topological polar surface area (TPSA) is 34.2 Å². The van der Waals surface area contributed by atoms with Gasteiger partial charge in [-0.1, -0.05) is 11.6 Å². The second-order valence-electron chi connectivity index (χ2n) is 4.56. The molecule has 0 spiro atoms. The lowest BCUT2D eigenvalue weighted by molar-refractivity contribution is 0.0973. The van der Waals surface area contributed by atoms with Crippen LogP contribution in [0.2, 0.25) is 5.02 Å². The minimum absolute atomic E-state index is 0.422. The standard InChI is InChI=1S/C12H15ClN2O/c13-10-7-14-4-3-8(10)6-15-11-5-9-1-2-12(11)16-9/h3-4,7,9,11-12,15H,1-2,5-6H2. The van der Waals surface area contributed by atoms with Crippen LogP contribution in [0.5, 0.6) is 0 Å². The van der Waals surface area contributed by atoms with E-state index in [1.54, 1.807) is 12.4 Å². The van der Waals surface area contributed by atoms with Crippen molar-refractivity contribution in [1.82, 2.24) is 10.3 Å². The summed E-state index contributed by atoms with van der Waals surface area (Å²) >= 11 is 6.05. The fourth-order valence-electron chi connectivity index (χ4n) is 2.64. The van der Waals surface area contributed by atoms with Gasteiger partial charge in [-0.2, -0.15) is 0 Å². The van der Waals surface area contributed by atoms with E-state index >= 15 is 0 Å². The van der Waals surface area contributed by atoms with E-state index in [2.05, 4.69) is 10.3 Å². The Morgan fingerprint density at radius 2 is 2.44 bits per heavy atom. The summed E-state index contributed by atoms with van der Waals surface area (Å²) in [4.78, 5) is 3.98. The van der Waals surface area contributed by atoms with E-state index in [4.69, 9.17) is 16.3 Å². The zero-order chi connectivity index (χ0) is 11.0. The third-order valence-corrected chi connectivity index (χ3v) is 3.86. The molecule has 3 nitrogen and oxygen atoms in total. The van der Waals surface area contributed by atoms with E-state index in [1.807, 2.05) is 6.07 Å². The largest absolute Gasteiger partial charge is 0.373 e. The molecular formula is C12H15ClN2O. The Balaban J connectivity index is 1.59. The van der Waals surface area contributed by atoms with Crippen molar-refractivity contribution in [3.05, 3.63) is 29.0 Å². The van der Waals surface area contributed by atoms with Gasteiger partial charge in [-0.3, -0.25) is 4.98 Å². The number of nitrogens with one attached hydrogen (secondary N) is 1. The molecule has 1 N–H and O–H groups in total. The van der Waals surface area contributed by atoms with Gasteiger partial charge in [0.05, 0.1) is 17.2 Å². The number of pyridine rings is 1. The SMILES string of the molecule is Clc1cnccc1CNC1CC2CCC1O2. The molecule has 86 valence electrons. The van der Waals surface area contributed by atoms with Crippen molar-refractivity contribution in [2.24, 2.45) is 0 Å². The van der Waals surface area contributed by atoms with Crippen LogP contribution in [0.1, 0.15) is 24.8 Å². The quantitative estimate of drug-likeness (QED) is 0.876. The van der Waals surface area contributed by atoms with Gasteiger partial charge < -0.3 is 10.1 Å². The molecule has 0 aliphatic carbocycles. The van der Waals surface area contributed by atoms with Gasteiger partial charge in [0.25, 0.3) is 0 Å². The maximum Gasteiger partial charge on any atom is 0.0733 e. The van der Waals surface area contributed by atoms with Crippen molar-refractivity contribution >= 4 is 11.6 Å². The number of hydrogen-bond donors (Lipinski definition) is 1. The van der Waals surface area contributed by atoms with E-state index in [9.17, 15) is 0 Å². The molecule has 1 aromatic heterocycles. The second-order valence-corrected chi connectivity index (χ2v) is 4.97. The molecule has 2 saturated heterocycles. The Labute approximate surface area is 100 Å². The van der Waals surface area contributed by atoms with Crippen LogP contribution in [0.15, 0.2) is 18.5 Å². The van der Waals surface area contributed by atoms with Crippen molar-refractivity contribution < 1.29 is 4.74 Å². The molecule has 2 bridgehead atoms. The van der Waals surface area contributed by atoms with E-state index in [0.717, 1.165) is 23.6 Å². The summed E-state index contributed by atoms with van der Waals surface area (Å²) in [5.41, 5.74) is 1.11. The van der Waals surface area contributed by atoms with Crippen LogP contribution in [0.3, 0.4) is 0 Å². The van der Waals surface area contributed by atoms with Crippen LogP contribution in [-0.2, 0) is 11.3 Å². The van der Waals surface area contributed by atoms with Crippen LogP contribution in [0, 0.1) is 0 Å². The summed E-state index contributed by atoms with van der Waals surface area (Å²) in [6.45, 7) is 0.804. The summed E-state index contributed by atoms with van der Waals surface area (Å²) in [6.07, 6.45) is 7.97. The van der Waals surface area contributed by atoms with Crippen molar-refractivity contribution in [3.8, 4) is 0 Å². The van der Waals surface area contributed by atoms with E-state index in [1.165, 1.54) is 12.8 Å². The fourth-order valence-corrected chi connectivity index (χ4v) is 2.83. The summed E-state index contributed by atoms with van der Waals surface area (Å²) in [5, 5.41) is 4.27. The summed E-state index contributed by atoms with van der Waals surface area (Å²) in [6, 6.07) is 2.46. The minimum Gasteiger partial charge on any atom is -0.373 e. The molecule has 3 heterocycles. The van der Waals surface area contributed by atoms with Gasteiger partial charge in [0.2, 0.25) is 0 Å².